The Bertz CT molecular complexity index is 1470. The van der Waals surface area contributed by atoms with Crippen molar-refractivity contribution in [2.75, 3.05) is 0 Å². The average Bonchev–Trinajstić information content (AvgIpc) is 3.57. The van der Waals surface area contributed by atoms with Crippen LogP contribution in [0.3, 0.4) is 0 Å². The van der Waals surface area contributed by atoms with Crippen LogP contribution in [-0.2, 0) is 4.74 Å². The number of hydrogen-bond donors (Lipinski definition) is 2. The van der Waals surface area contributed by atoms with Crippen LogP contribution in [0.1, 0.15) is 23.3 Å². The van der Waals surface area contributed by atoms with Gasteiger partial charge in [-0.2, -0.15) is 0 Å². The van der Waals surface area contributed by atoms with E-state index in [4.69, 9.17) is 4.74 Å². The number of benzene rings is 5. The van der Waals surface area contributed by atoms with Crippen molar-refractivity contribution in [3.8, 4) is 0 Å². The molecule has 0 saturated carbocycles. The van der Waals surface area contributed by atoms with E-state index < -0.39 is 12.2 Å². The second kappa shape index (κ2) is 5.33. The first-order chi connectivity index (χ1) is 14.2. The zero-order valence-electron chi connectivity index (χ0n) is 15.5. The van der Waals surface area contributed by atoms with Gasteiger partial charge in [0.15, 0.2) is 0 Å². The van der Waals surface area contributed by atoms with Gasteiger partial charge >= 0.3 is 0 Å². The number of hydrogen-bond acceptors (Lipinski definition) is 3. The summed E-state index contributed by atoms with van der Waals surface area (Å²) in [7, 11) is 0. The first kappa shape index (κ1) is 15.9. The predicted molar refractivity (Wildman–Crippen MR) is 115 cm³/mol. The van der Waals surface area contributed by atoms with Gasteiger partial charge in [-0.15, -0.1) is 0 Å². The molecule has 140 valence electrons. The van der Waals surface area contributed by atoms with Crippen LogP contribution in [0.2, 0.25) is 0 Å². The van der Waals surface area contributed by atoms with Gasteiger partial charge in [-0.1, -0.05) is 72.8 Å². The molecule has 0 aromatic heterocycles. The van der Waals surface area contributed by atoms with Crippen LogP contribution < -0.4 is 0 Å². The quantitative estimate of drug-likeness (QED) is 0.290. The maximum atomic E-state index is 10.7. The van der Waals surface area contributed by atoms with Gasteiger partial charge < -0.3 is 14.9 Å². The fourth-order valence-corrected chi connectivity index (χ4v) is 5.40. The molecule has 5 aromatic rings. The van der Waals surface area contributed by atoms with Crippen molar-refractivity contribution in [3.63, 3.8) is 0 Å². The largest absolute Gasteiger partial charge is 0.387 e. The van der Waals surface area contributed by atoms with E-state index in [1.807, 2.05) is 6.07 Å². The topological polar surface area (TPSA) is 53.0 Å². The van der Waals surface area contributed by atoms with E-state index in [0.29, 0.717) is 0 Å². The summed E-state index contributed by atoms with van der Waals surface area (Å²) >= 11 is 0. The molecule has 1 saturated heterocycles. The lowest BCUT2D eigenvalue weighted by atomic mass is 9.81. The lowest BCUT2D eigenvalue weighted by molar-refractivity contribution is 0.000110. The standard InChI is InChI=1S/C26H18O3/c27-23-19-12-11-18-17-10-9-13-5-1-2-6-14(13)20(17)15-7-3-4-8-16(15)21(18)22(19)25-26(29-25)24(23)28/h1-12,23-28H/t23-,24+,25-,26+/m1/s1. The maximum Gasteiger partial charge on any atom is 0.118 e. The molecule has 2 aliphatic rings. The van der Waals surface area contributed by atoms with Crippen molar-refractivity contribution in [1.82, 2.24) is 0 Å². The van der Waals surface area contributed by atoms with E-state index in [1.54, 1.807) is 0 Å². The van der Waals surface area contributed by atoms with E-state index in [9.17, 15) is 10.2 Å². The SMILES string of the molecule is O[C@@H]1[C@@H]2O[C@@H]2c2c(ccc3c4ccc5ccccc5c4c4ccccc4c23)[C@H]1O. The van der Waals surface area contributed by atoms with Crippen LogP contribution in [0.4, 0.5) is 0 Å². The molecule has 0 unspecified atom stereocenters. The van der Waals surface area contributed by atoms with Crippen molar-refractivity contribution in [3.05, 3.63) is 83.9 Å². The van der Waals surface area contributed by atoms with E-state index in [2.05, 4.69) is 66.7 Å². The van der Waals surface area contributed by atoms with E-state index in [1.165, 1.54) is 37.7 Å². The van der Waals surface area contributed by atoms with Gasteiger partial charge in [0.2, 0.25) is 0 Å². The maximum absolute atomic E-state index is 10.7. The normalized spacial score (nSPS) is 25.4. The predicted octanol–water partition coefficient (Wildman–Crippen LogP) is 5.15. The highest BCUT2D eigenvalue weighted by Gasteiger charge is 2.54. The van der Waals surface area contributed by atoms with Gasteiger partial charge in [0.25, 0.3) is 0 Å². The number of rotatable bonds is 0. The van der Waals surface area contributed by atoms with Crippen molar-refractivity contribution in [2.24, 2.45) is 0 Å². The molecule has 29 heavy (non-hydrogen) atoms. The Morgan fingerprint density at radius 1 is 0.621 bits per heavy atom. The van der Waals surface area contributed by atoms with Gasteiger partial charge in [0.1, 0.15) is 24.4 Å². The summed E-state index contributed by atoms with van der Waals surface area (Å²) < 4.78 is 5.82. The molecule has 0 radical (unpaired) electrons. The minimum Gasteiger partial charge on any atom is -0.387 e. The second-order valence-electron chi connectivity index (χ2n) is 8.20. The Morgan fingerprint density at radius 3 is 2.07 bits per heavy atom. The van der Waals surface area contributed by atoms with Gasteiger partial charge in [-0.05, 0) is 54.2 Å². The number of aliphatic hydroxyl groups is 2. The first-order valence-corrected chi connectivity index (χ1v) is 10.0. The molecule has 5 aromatic carbocycles. The van der Waals surface area contributed by atoms with Crippen LogP contribution in [-0.4, -0.2) is 22.4 Å². The number of aliphatic hydroxyl groups excluding tert-OH is 2. The van der Waals surface area contributed by atoms with E-state index in [-0.39, 0.29) is 12.2 Å². The molecule has 0 amide bonds. The fourth-order valence-electron chi connectivity index (χ4n) is 5.40. The summed E-state index contributed by atoms with van der Waals surface area (Å²) in [6.07, 6.45) is -2.23. The van der Waals surface area contributed by atoms with E-state index in [0.717, 1.165) is 16.5 Å². The average molecular weight is 378 g/mol. The number of epoxide rings is 1. The molecular weight excluding hydrogens is 360 g/mol. The van der Waals surface area contributed by atoms with Gasteiger partial charge in [-0.3, -0.25) is 0 Å². The number of fused-ring (bicyclic) bond motifs is 12. The van der Waals surface area contributed by atoms with Crippen LogP contribution in [0.5, 0.6) is 0 Å². The van der Waals surface area contributed by atoms with Crippen LogP contribution in [0, 0.1) is 0 Å². The highest BCUT2D eigenvalue weighted by atomic mass is 16.6. The minimum atomic E-state index is -0.913. The molecule has 3 nitrogen and oxygen atoms in total. The molecule has 1 aliphatic heterocycles. The fraction of sp³-hybridized carbons (Fsp3) is 0.154. The Balaban J connectivity index is 1.76. The van der Waals surface area contributed by atoms with Crippen LogP contribution >= 0.6 is 0 Å². The molecular formula is C26H18O3. The van der Waals surface area contributed by atoms with Gasteiger partial charge in [0.05, 0.1) is 0 Å². The Labute approximate surface area is 166 Å². The lowest BCUT2D eigenvalue weighted by Crippen LogP contribution is -2.29. The highest BCUT2D eigenvalue weighted by Crippen LogP contribution is 2.54. The molecule has 2 N–H and O–H groups in total. The van der Waals surface area contributed by atoms with Gasteiger partial charge in [0, 0.05) is 0 Å². The molecule has 1 aliphatic carbocycles. The Hall–Kier alpha value is -2.98. The van der Waals surface area contributed by atoms with Crippen molar-refractivity contribution < 1.29 is 14.9 Å². The van der Waals surface area contributed by atoms with Crippen molar-refractivity contribution >= 4 is 43.1 Å². The third-order valence-electron chi connectivity index (χ3n) is 6.75. The first-order valence-electron chi connectivity index (χ1n) is 10.0. The molecule has 1 fully saturated rings. The van der Waals surface area contributed by atoms with Crippen molar-refractivity contribution in [1.29, 1.82) is 0 Å². The summed E-state index contributed by atoms with van der Waals surface area (Å²) in [5.41, 5.74) is 1.82. The monoisotopic (exact) mass is 378 g/mol. The summed E-state index contributed by atoms with van der Waals surface area (Å²) in [6.45, 7) is 0. The van der Waals surface area contributed by atoms with Crippen molar-refractivity contribution in [2.45, 2.75) is 24.4 Å². The minimum absolute atomic E-state index is 0.145. The molecule has 3 heteroatoms. The second-order valence-corrected chi connectivity index (χ2v) is 8.20. The van der Waals surface area contributed by atoms with Gasteiger partial charge in [-0.25, -0.2) is 0 Å². The molecule has 0 bridgehead atoms. The van der Waals surface area contributed by atoms with E-state index >= 15 is 0 Å². The lowest BCUT2D eigenvalue weighted by Gasteiger charge is -2.25. The Kier molecular flexibility index (Phi) is 2.92. The molecule has 7 rings (SSSR count). The molecule has 4 atom stereocenters. The number of ether oxygens (including phenoxy) is 1. The molecule has 0 spiro atoms. The zero-order chi connectivity index (χ0) is 19.3. The van der Waals surface area contributed by atoms with Crippen LogP contribution in [0.15, 0.2) is 72.8 Å². The molecule has 1 heterocycles. The third-order valence-corrected chi connectivity index (χ3v) is 6.75. The summed E-state index contributed by atoms with van der Waals surface area (Å²) in [5, 5.41) is 30.6. The summed E-state index contributed by atoms with van der Waals surface area (Å²) in [5.74, 6) is 0. The highest BCUT2D eigenvalue weighted by molar-refractivity contribution is 6.32. The summed E-state index contributed by atoms with van der Waals surface area (Å²) in [4.78, 5) is 0. The third kappa shape index (κ3) is 1.92. The van der Waals surface area contributed by atoms with Crippen LogP contribution in [0.25, 0.3) is 43.1 Å². The zero-order valence-corrected chi connectivity index (χ0v) is 15.5. The smallest absolute Gasteiger partial charge is 0.118 e. The Morgan fingerprint density at radius 2 is 1.24 bits per heavy atom. The summed E-state index contributed by atoms with van der Waals surface area (Å²) in [6, 6.07) is 25.4.